The highest BCUT2D eigenvalue weighted by atomic mass is 19.1. The molecule has 1 aromatic heterocycles. The monoisotopic (exact) mass is 435 g/mol. The molecule has 0 atom stereocenters. The van der Waals surface area contributed by atoms with Gasteiger partial charge in [-0.1, -0.05) is 18.6 Å². The van der Waals surface area contributed by atoms with E-state index in [2.05, 4.69) is 25.9 Å². The highest BCUT2D eigenvalue weighted by molar-refractivity contribution is 5.93. The van der Waals surface area contributed by atoms with Crippen LogP contribution in [0, 0.1) is 11.7 Å². The summed E-state index contributed by atoms with van der Waals surface area (Å²) in [6.07, 6.45) is 5.84. The van der Waals surface area contributed by atoms with E-state index in [-0.39, 0.29) is 17.6 Å². The summed E-state index contributed by atoms with van der Waals surface area (Å²) in [6.45, 7) is 4.00. The minimum absolute atomic E-state index is 0.118. The average molecular weight is 436 g/mol. The number of rotatable bonds is 8. The number of carbonyl (C=O) groups excluding carboxylic acids is 1. The Hall–Kier alpha value is -3.35. The first-order chi connectivity index (χ1) is 15.6. The molecule has 0 spiro atoms. The van der Waals surface area contributed by atoms with Crippen molar-refractivity contribution >= 4 is 28.5 Å². The minimum Gasteiger partial charge on any atom is -0.361 e. The van der Waals surface area contributed by atoms with Crippen LogP contribution in [0.1, 0.15) is 37.3 Å². The summed E-state index contributed by atoms with van der Waals surface area (Å²) in [5.74, 6) is 0.781. The SMILES string of the molecule is CCNC(=NCc1cccc(NC(=O)C2CCC2)c1)NCCc1c[nH]c2cc(F)ccc12. The fourth-order valence-corrected chi connectivity index (χ4v) is 3.86. The van der Waals surface area contributed by atoms with Gasteiger partial charge in [0.1, 0.15) is 5.82 Å². The highest BCUT2D eigenvalue weighted by Gasteiger charge is 2.25. The summed E-state index contributed by atoms with van der Waals surface area (Å²) >= 11 is 0. The second kappa shape index (κ2) is 10.3. The van der Waals surface area contributed by atoms with E-state index in [1.54, 1.807) is 0 Å². The molecule has 7 heteroatoms. The van der Waals surface area contributed by atoms with E-state index in [0.717, 1.165) is 65.9 Å². The molecule has 1 fully saturated rings. The zero-order chi connectivity index (χ0) is 22.3. The number of nitrogens with one attached hydrogen (secondary N) is 4. The van der Waals surface area contributed by atoms with E-state index in [9.17, 15) is 9.18 Å². The summed E-state index contributed by atoms with van der Waals surface area (Å²) in [7, 11) is 0. The molecule has 168 valence electrons. The van der Waals surface area contributed by atoms with Crippen molar-refractivity contribution in [2.45, 2.75) is 39.2 Å². The molecular formula is C25H30FN5O. The molecule has 0 saturated heterocycles. The number of aliphatic imine (C=N–C) groups is 1. The molecule has 4 rings (SSSR count). The van der Waals surface area contributed by atoms with E-state index in [0.29, 0.717) is 13.1 Å². The molecule has 3 aromatic rings. The minimum atomic E-state index is -0.239. The number of hydrogen-bond donors (Lipinski definition) is 4. The van der Waals surface area contributed by atoms with Crippen molar-refractivity contribution < 1.29 is 9.18 Å². The summed E-state index contributed by atoms with van der Waals surface area (Å²) in [5.41, 5.74) is 3.80. The molecule has 1 aliphatic rings. The maximum Gasteiger partial charge on any atom is 0.227 e. The van der Waals surface area contributed by atoms with Gasteiger partial charge in [-0.25, -0.2) is 9.38 Å². The molecule has 6 nitrogen and oxygen atoms in total. The van der Waals surface area contributed by atoms with Crippen LogP contribution in [0.5, 0.6) is 0 Å². The number of fused-ring (bicyclic) bond motifs is 1. The molecule has 1 amide bonds. The van der Waals surface area contributed by atoms with Crippen molar-refractivity contribution in [2.24, 2.45) is 10.9 Å². The van der Waals surface area contributed by atoms with Gasteiger partial charge in [-0.05, 0) is 67.6 Å². The summed E-state index contributed by atoms with van der Waals surface area (Å²) < 4.78 is 13.4. The number of carbonyl (C=O) groups is 1. The van der Waals surface area contributed by atoms with Gasteiger partial charge >= 0.3 is 0 Å². The quantitative estimate of drug-likeness (QED) is 0.314. The lowest BCUT2D eigenvalue weighted by Gasteiger charge is -2.24. The molecule has 1 saturated carbocycles. The third kappa shape index (κ3) is 5.46. The molecule has 1 aliphatic carbocycles. The van der Waals surface area contributed by atoms with Gasteiger partial charge in [0, 0.05) is 41.8 Å². The molecule has 32 heavy (non-hydrogen) atoms. The van der Waals surface area contributed by atoms with Gasteiger partial charge in [0.05, 0.1) is 6.54 Å². The third-order valence-corrected chi connectivity index (χ3v) is 5.85. The number of benzene rings is 2. The Morgan fingerprint density at radius 2 is 2.06 bits per heavy atom. The van der Waals surface area contributed by atoms with Crippen LogP contribution in [-0.2, 0) is 17.8 Å². The van der Waals surface area contributed by atoms with Crippen molar-refractivity contribution in [2.75, 3.05) is 18.4 Å². The molecular weight excluding hydrogens is 405 g/mol. The zero-order valence-corrected chi connectivity index (χ0v) is 18.4. The number of halogens is 1. The van der Waals surface area contributed by atoms with E-state index < -0.39 is 0 Å². The summed E-state index contributed by atoms with van der Waals surface area (Å²) in [6, 6.07) is 12.7. The van der Waals surface area contributed by atoms with Gasteiger partial charge < -0.3 is 20.9 Å². The number of guanidine groups is 1. The Morgan fingerprint density at radius 3 is 2.84 bits per heavy atom. The standard InChI is InChI=1S/C25H30FN5O/c1-2-27-25(28-12-11-19-16-29-23-14-20(26)9-10-22(19)23)30-15-17-5-3-8-21(13-17)31-24(32)18-6-4-7-18/h3,5,8-10,13-14,16,18,29H,2,4,6-7,11-12,15H2,1H3,(H,31,32)(H2,27,28,30). The number of nitrogens with zero attached hydrogens (tertiary/aromatic N) is 1. The van der Waals surface area contributed by atoms with Gasteiger partial charge in [-0.15, -0.1) is 0 Å². The first kappa shape index (κ1) is 21.9. The predicted octanol–water partition coefficient (Wildman–Crippen LogP) is 4.34. The lowest BCUT2D eigenvalue weighted by Crippen LogP contribution is -2.38. The predicted molar refractivity (Wildman–Crippen MR) is 127 cm³/mol. The summed E-state index contributed by atoms with van der Waals surface area (Å²) in [4.78, 5) is 20.0. The van der Waals surface area contributed by atoms with Crippen molar-refractivity contribution in [1.82, 2.24) is 15.6 Å². The molecule has 0 aliphatic heterocycles. The normalized spacial score (nSPS) is 14.2. The lowest BCUT2D eigenvalue weighted by atomic mass is 9.85. The average Bonchev–Trinajstić information content (AvgIpc) is 3.13. The Labute approximate surface area is 187 Å². The Kier molecular flexibility index (Phi) is 7.04. The number of aromatic nitrogens is 1. The third-order valence-electron chi connectivity index (χ3n) is 5.85. The highest BCUT2D eigenvalue weighted by Crippen LogP contribution is 2.27. The molecule has 0 radical (unpaired) electrons. The second-order valence-electron chi connectivity index (χ2n) is 8.19. The Balaban J connectivity index is 1.33. The first-order valence-electron chi connectivity index (χ1n) is 11.3. The van der Waals surface area contributed by atoms with Gasteiger partial charge in [0.25, 0.3) is 0 Å². The fraction of sp³-hybridized carbons (Fsp3) is 0.360. The van der Waals surface area contributed by atoms with Crippen LogP contribution in [0.4, 0.5) is 10.1 Å². The molecule has 4 N–H and O–H groups in total. The van der Waals surface area contributed by atoms with Crippen LogP contribution < -0.4 is 16.0 Å². The first-order valence-corrected chi connectivity index (χ1v) is 11.3. The number of aromatic amines is 1. The molecule has 1 heterocycles. The Bertz CT molecular complexity index is 1100. The van der Waals surface area contributed by atoms with Crippen LogP contribution in [0.3, 0.4) is 0 Å². The topological polar surface area (TPSA) is 81.3 Å². The van der Waals surface area contributed by atoms with Crippen LogP contribution in [0.25, 0.3) is 10.9 Å². The maximum absolute atomic E-state index is 13.4. The van der Waals surface area contributed by atoms with E-state index in [1.165, 1.54) is 12.1 Å². The van der Waals surface area contributed by atoms with E-state index in [1.807, 2.05) is 43.5 Å². The molecule has 0 unspecified atom stereocenters. The fourth-order valence-electron chi connectivity index (χ4n) is 3.86. The van der Waals surface area contributed by atoms with E-state index in [4.69, 9.17) is 0 Å². The van der Waals surface area contributed by atoms with Crippen molar-refractivity contribution in [3.8, 4) is 0 Å². The maximum atomic E-state index is 13.4. The summed E-state index contributed by atoms with van der Waals surface area (Å²) in [5, 5.41) is 10.7. The lowest BCUT2D eigenvalue weighted by molar-refractivity contribution is -0.122. The van der Waals surface area contributed by atoms with Crippen molar-refractivity contribution in [1.29, 1.82) is 0 Å². The van der Waals surface area contributed by atoms with E-state index >= 15 is 0 Å². The van der Waals surface area contributed by atoms with Gasteiger partial charge in [-0.3, -0.25) is 4.79 Å². The van der Waals surface area contributed by atoms with Crippen molar-refractivity contribution in [3.05, 3.63) is 65.6 Å². The van der Waals surface area contributed by atoms with Crippen molar-refractivity contribution in [3.63, 3.8) is 0 Å². The van der Waals surface area contributed by atoms with Gasteiger partial charge in [0.2, 0.25) is 5.91 Å². The number of hydrogen-bond acceptors (Lipinski definition) is 2. The van der Waals surface area contributed by atoms with Crippen LogP contribution in [-0.4, -0.2) is 29.9 Å². The Morgan fingerprint density at radius 1 is 1.19 bits per heavy atom. The smallest absolute Gasteiger partial charge is 0.227 e. The van der Waals surface area contributed by atoms with Gasteiger partial charge in [-0.2, -0.15) is 0 Å². The number of amides is 1. The molecule has 0 bridgehead atoms. The van der Waals surface area contributed by atoms with Crippen LogP contribution >= 0.6 is 0 Å². The second-order valence-corrected chi connectivity index (χ2v) is 8.19. The molecule has 2 aromatic carbocycles. The van der Waals surface area contributed by atoms with Crippen LogP contribution in [0.15, 0.2) is 53.7 Å². The van der Waals surface area contributed by atoms with Crippen LogP contribution in [0.2, 0.25) is 0 Å². The number of anilines is 1. The zero-order valence-electron chi connectivity index (χ0n) is 18.4. The largest absolute Gasteiger partial charge is 0.361 e. The number of H-pyrrole nitrogens is 1. The van der Waals surface area contributed by atoms with Gasteiger partial charge in [0.15, 0.2) is 5.96 Å².